The fraction of sp³-hybridized carbons (Fsp3) is 0.667. The SMILES string of the molecule is CNCC(=O)N1CCN(S(=O)(=O)c2c(C)noc2C)CC1. The van der Waals surface area contributed by atoms with Gasteiger partial charge < -0.3 is 14.7 Å². The van der Waals surface area contributed by atoms with Crippen molar-refractivity contribution in [2.24, 2.45) is 0 Å². The summed E-state index contributed by atoms with van der Waals surface area (Å²) in [5.41, 5.74) is 0.362. The van der Waals surface area contributed by atoms with E-state index in [2.05, 4.69) is 10.5 Å². The van der Waals surface area contributed by atoms with Crippen LogP contribution in [0.2, 0.25) is 0 Å². The summed E-state index contributed by atoms with van der Waals surface area (Å²) in [6, 6.07) is 0. The zero-order valence-electron chi connectivity index (χ0n) is 12.4. The normalized spacial score (nSPS) is 17.2. The molecule has 1 fully saturated rings. The van der Waals surface area contributed by atoms with Gasteiger partial charge in [-0.15, -0.1) is 0 Å². The van der Waals surface area contributed by atoms with E-state index >= 15 is 0 Å². The molecule has 0 unspecified atom stereocenters. The molecule has 21 heavy (non-hydrogen) atoms. The number of carbonyl (C=O) groups is 1. The molecule has 9 heteroatoms. The van der Waals surface area contributed by atoms with Crippen molar-refractivity contribution in [3.05, 3.63) is 11.5 Å². The molecule has 0 atom stereocenters. The largest absolute Gasteiger partial charge is 0.360 e. The summed E-state index contributed by atoms with van der Waals surface area (Å²) in [6.45, 7) is 4.79. The van der Waals surface area contributed by atoms with Crippen molar-refractivity contribution in [3.8, 4) is 0 Å². The Morgan fingerprint density at radius 2 is 1.90 bits per heavy atom. The van der Waals surface area contributed by atoms with Gasteiger partial charge in [-0.3, -0.25) is 4.79 Å². The van der Waals surface area contributed by atoms with Gasteiger partial charge in [-0.2, -0.15) is 4.31 Å². The van der Waals surface area contributed by atoms with Crippen molar-refractivity contribution in [2.75, 3.05) is 39.8 Å². The Balaban J connectivity index is 2.10. The van der Waals surface area contributed by atoms with Gasteiger partial charge in [0, 0.05) is 26.2 Å². The molecule has 0 saturated carbocycles. The second-order valence-corrected chi connectivity index (χ2v) is 6.84. The van der Waals surface area contributed by atoms with E-state index in [9.17, 15) is 13.2 Å². The molecule has 1 aromatic rings. The first-order valence-electron chi connectivity index (χ1n) is 6.73. The summed E-state index contributed by atoms with van der Waals surface area (Å²) in [7, 11) is -1.91. The van der Waals surface area contributed by atoms with Crippen molar-refractivity contribution >= 4 is 15.9 Å². The van der Waals surface area contributed by atoms with E-state index < -0.39 is 10.0 Å². The maximum Gasteiger partial charge on any atom is 0.248 e. The molecule has 1 aromatic heterocycles. The van der Waals surface area contributed by atoms with Crippen molar-refractivity contribution in [2.45, 2.75) is 18.7 Å². The number of nitrogens with one attached hydrogen (secondary N) is 1. The number of aryl methyl sites for hydroxylation is 2. The molecule has 1 aliphatic heterocycles. The molecule has 2 rings (SSSR count). The minimum absolute atomic E-state index is 0.0214. The van der Waals surface area contributed by atoms with Gasteiger partial charge in [-0.25, -0.2) is 8.42 Å². The van der Waals surface area contributed by atoms with Crippen LogP contribution in [0.1, 0.15) is 11.5 Å². The summed E-state index contributed by atoms with van der Waals surface area (Å²) in [5, 5.41) is 6.49. The third-order valence-electron chi connectivity index (χ3n) is 3.49. The molecule has 0 bridgehead atoms. The van der Waals surface area contributed by atoms with Crippen molar-refractivity contribution < 1.29 is 17.7 Å². The van der Waals surface area contributed by atoms with Crippen LogP contribution in [0.4, 0.5) is 0 Å². The van der Waals surface area contributed by atoms with Gasteiger partial charge in [-0.05, 0) is 20.9 Å². The van der Waals surface area contributed by atoms with E-state index in [1.807, 2.05) is 0 Å². The average molecular weight is 316 g/mol. The average Bonchev–Trinajstić information content (AvgIpc) is 2.79. The minimum Gasteiger partial charge on any atom is -0.360 e. The maximum atomic E-state index is 12.6. The van der Waals surface area contributed by atoms with Gasteiger partial charge >= 0.3 is 0 Å². The maximum absolute atomic E-state index is 12.6. The molecule has 8 nitrogen and oxygen atoms in total. The number of nitrogens with zero attached hydrogens (tertiary/aromatic N) is 3. The van der Waals surface area contributed by atoms with Crippen molar-refractivity contribution in [1.82, 2.24) is 19.7 Å². The Hall–Kier alpha value is -1.45. The lowest BCUT2D eigenvalue weighted by Gasteiger charge is -2.33. The topological polar surface area (TPSA) is 95.8 Å². The number of aromatic nitrogens is 1. The summed E-state index contributed by atoms with van der Waals surface area (Å²) in [5.74, 6) is 0.271. The molecule has 0 aliphatic carbocycles. The number of hydrogen-bond donors (Lipinski definition) is 1. The fourth-order valence-electron chi connectivity index (χ4n) is 2.41. The Labute approximate surface area is 124 Å². The molecule has 2 heterocycles. The van der Waals surface area contributed by atoms with Crippen molar-refractivity contribution in [3.63, 3.8) is 0 Å². The quantitative estimate of drug-likeness (QED) is 0.792. The lowest BCUT2D eigenvalue weighted by Crippen LogP contribution is -2.52. The van der Waals surface area contributed by atoms with Crippen LogP contribution in [0.3, 0.4) is 0 Å². The predicted molar refractivity (Wildman–Crippen MR) is 75.2 cm³/mol. The molecular formula is C12H20N4O4S. The van der Waals surface area contributed by atoms with Gasteiger partial charge in [0.15, 0.2) is 5.76 Å². The number of hydrogen-bond acceptors (Lipinski definition) is 6. The molecular weight excluding hydrogens is 296 g/mol. The standard InChI is InChI=1S/C12H20N4O4S/c1-9-12(10(2)20-14-9)21(18,19)16-6-4-15(5-7-16)11(17)8-13-3/h13H,4-8H2,1-3H3. The zero-order chi connectivity index (χ0) is 15.6. The van der Waals surface area contributed by atoms with Gasteiger partial charge in [-0.1, -0.05) is 5.16 Å². The van der Waals surface area contributed by atoms with Crippen molar-refractivity contribution in [1.29, 1.82) is 0 Å². The zero-order valence-corrected chi connectivity index (χ0v) is 13.2. The summed E-state index contributed by atoms with van der Waals surface area (Å²) in [6.07, 6.45) is 0. The van der Waals surface area contributed by atoms with Crippen LogP contribution in [0.15, 0.2) is 9.42 Å². The van der Waals surface area contributed by atoms with E-state index in [0.29, 0.717) is 24.5 Å². The van der Waals surface area contributed by atoms with Gasteiger partial charge in [0.25, 0.3) is 0 Å². The number of carbonyl (C=O) groups excluding carboxylic acids is 1. The molecule has 0 radical (unpaired) electrons. The molecule has 1 aliphatic rings. The van der Waals surface area contributed by atoms with Gasteiger partial charge in [0.1, 0.15) is 10.6 Å². The highest BCUT2D eigenvalue weighted by molar-refractivity contribution is 7.89. The molecule has 1 saturated heterocycles. The smallest absolute Gasteiger partial charge is 0.248 e. The second-order valence-electron chi connectivity index (χ2n) is 4.97. The Morgan fingerprint density at radius 1 is 1.29 bits per heavy atom. The van der Waals surface area contributed by atoms with E-state index in [-0.39, 0.29) is 30.4 Å². The van der Waals surface area contributed by atoms with Gasteiger partial charge in [0.2, 0.25) is 15.9 Å². The number of rotatable bonds is 4. The number of amides is 1. The number of sulfonamides is 1. The first kappa shape index (κ1) is 15.9. The Kier molecular flexibility index (Phi) is 4.64. The summed E-state index contributed by atoms with van der Waals surface area (Å²) in [4.78, 5) is 13.6. The van der Waals surface area contributed by atoms with Crippen LogP contribution in [-0.4, -0.2) is 68.5 Å². The van der Waals surface area contributed by atoms with Crippen LogP contribution in [0.5, 0.6) is 0 Å². The fourth-order valence-corrected chi connectivity index (χ4v) is 4.13. The lowest BCUT2D eigenvalue weighted by atomic mass is 10.3. The van der Waals surface area contributed by atoms with E-state index in [0.717, 1.165) is 0 Å². The first-order chi connectivity index (χ1) is 9.87. The highest BCUT2D eigenvalue weighted by atomic mass is 32.2. The molecule has 0 aromatic carbocycles. The third-order valence-corrected chi connectivity index (χ3v) is 5.63. The third kappa shape index (κ3) is 3.09. The molecule has 1 N–H and O–H groups in total. The number of likely N-dealkylation sites (N-methyl/N-ethyl adjacent to an activating group) is 1. The molecule has 118 valence electrons. The van der Waals surface area contributed by atoms with E-state index in [1.54, 1.807) is 25.8 Å². The Morgan fingerprint density at radius 3 is 2.38 bits per heavy atom. The number of piperazine rings is 1. The van der Waals surface area contributed by atoms with E-state index in [1.165, 1.54) is 4.31 Å². The highest BCUT2D eigenvalue weighted by Gasteiger charge is 2.33. The lowest BCUT2D eigenvalue weighted by molar-refractivity contribution is -0.131. The van der Waals surface area contributed by atoms with Gasteiger partial charge in [0.05, 0.1) is 6.54 Å². The molecule has 0 spiro atoms. The van der Waals surface area contributed by atoms with Crippen LogP contribution in [0.25, 0.3) is 0 Å². The summed E-state index contributed by atoms with van der Waals surface area (Å²) >= 11 is 0. The summed E-state index contributed by atoms with van der Waals surface area (Å²) < 4.78 is 31.5. The van der Waals surface area contributed by atoms with Crippen LogP contribution in [0, 0.1) is 13.8 Å². The minimum atomic E-state index is -3.62. The highest BCUT2D eigenvalue weighted by Crippen LogP contribution is 2.24. The van der Waals surface area contributed by atoms with E-state index in [4.69, 9.17) is 4.52 Å². The monoisotopic (exact) mass is 316 g/mol. The first-order valence-corrected chi connectivity index (χ1v) is 8.17. The predicted octanol–water partition coefficient (Wildman–Crippen LogP) is -0.656. The van der Waals surface area contributed by atoms with Crippen LogP contribution >= 0.6 is 0 Å². The second kappa shape index (κ2) is 6.12. The molecule has 1 amide bonds. The van der Waals surface area contributed by atoms with Crippen LogP contribution in [-0.2, 0) is 14.8 Å². The van der Waals surface area contributed by atoms with Crippen LogP contribution < -0.4 is 5.32 Å². The Bertz CT molecular complexity index is 598.